The second kappa shape index (κ2) is 13.9. The van der Waals surface area contributed by atoms with Crippen LogP contribution >= 0.6 is 0 Å². The Morgan fingerprint density at radius 1 is 1.14 bits per heavy atom. The van der Waals surface area contributed by atoms with E-state index in [4.69, 9.17) is 5.73 Å². The van der Waals surface area contributed by atoms with Crippen molar-refractivity contribution >= 4 is 17.4 Å². The number of likely N-dealkylation sites (N-methyl/N-ethyl adjacent to an activating group) is 1. The molecule has 0 heterocycles. The predicted molar refractivity (Wildman–Crippen MR) is 121 cm³/mol. The Bertz CT molecular complexity index is 670. The summed E-state index contributed by atoms with van der Waals surface area (Å²) in [7, 11) is 0. The van der Waals surface area contributed by atoms with Crippen LogP contribution in [0.2, 0.25) is 0 Å². The van der Waals surface area contributed by atoms with E-state index in [1.54, 1.807) is 0 Å². The Hall–Kier alpha value is -2.14. The summed E-state index contributed by atoms with van der Waals surface area (Å²) >= 11 is 0. The molecule has 5 nitrogen and oxygen atoms in total. The Balaban J connectivity index is 3.01. The molecule has 1 rings (SSSR count). The number of nitrogens with one attached hydrogen (secondary N) is 2. The van der Waals surface area contributed by atoms with Gasteiger partial charge < -0.3 is 16.4 Å². The zero-order valence-corrected chi connectivity index (χ0v) is 18.6. The number of nitrogens with two attached hydrogens (primary N) is 1. The van der Waals surface area contributed by atoms with Crippen LogP contribution in [-0.4, -0.2) is 30.9 Å². The molecule has 0 aliphatic rings. The molecule has 1 aromatic rings. The molecule has 29 heavy (non-hydrogen) atoms. The van der Waals surface area contributed by atoms with Crippen LogP contribution in [0.1, 0.15) is 70.4 Å². The molecule has 1 aromatic carbocycles. The summed E-state index contributed by atoms with van der Waals surface area (Å²) in [4.78, 5) is 25.4. The van der Waals surface area contributed by atoms with Crippen molar-refractivity contribution in [3.8, 4) is 0 Å². The van der Waals surface area contributed by atoms with Crippen LogP contribution in [0.3, 0.4) is 0 Å². The molecule has 162 valence electrons. The summed E-state index contributed by atoms with van der Waals surface area (Å²) < 4.78 is 0. The quantitative estimate of drug-likeness (QED) is 0.438. The normalized spacial score (nSPS) is 13.6. The van der Waals surface area contributed by atoms with Crippen LogP contribution in [0.4, 0.5) is 0 Å². The topological polar surface area (TPSA) is 84.2 Å². The molecule has 0 saturated heterocycles. The van der Waals surface area contributed by atoms with Gasteiger partial charge in [0.2, 0.25) is 11.8 Å². The van der Waals surface area contributed by atoms with E-state index in [0.29, 0.717) is 19.5 Å². The highest BCUT2D eigenvalue weighted by Crippen LogP contribution is 2.25. The Morgan fingerprint density at radius 3 is 2.48 bits per heavy atom. The third-order valence-electron chi connectivity index (χ3n) is 5.12. The van der Waals surface area contributed by atoms with Gasteiger partial charge in [-0.3, -0.25) is 9.59 Å². The highest BCUT2D eigenvalue weighted by molar-refractivity contribution is 5.90. The molecule has 0 spiro atoms. The average Bonchev–Trinajstić information content (AvgIpc) is 2.71. The minimum absolute atomic E-state index is 0.0714. The van der Waals surface area contributed by atoms with E-state index < -0.39 is 6.04 Å². The summed E-state index contributed by atoms with van der Waals surface area (Å²) in [5.74, 6) is -0.344. The van der Waals surface area contributed by atoms with E-state index in [1.165, 1.54) is 5.56 Å². The summed E-state index contributed by atoms with van der Waals surface area (Å²) in [6, 6.07) is 7.61. The Morgan fingerprint density at radius 2 is 1.86 bits per heavy atom. The Kier molecular flexibility index (Phi) is 12.0. The molecular weight excluding hydrogens is 362 g/mol. The van der Waals surface area contributed by atoms with Gasteiger partial charge in [-0.2, -0.15) is 0 Å². The van der Waals surface area contributed by atoms with Crippen molar-refractivity contribution in [3.05, 3.63) is 41.5 Å². The van der Waals surface area contributed by atoms with Gasteiger partial charge in [-0.15, -0.1) is 0 Å². The molecule has 0 radical (unpaired) electrons. The third-order valence-corrected chi connectivity index (χ3v) is 5.12. The fourth-order valence-corrected chi connectivity index (χ4v) is 3.32. The number of carbonyl (C=O) groups excluding carboxylic acids is 2. The fourth-order valence-electron chi connectivity index (χ4n) is 3.32. The molecule has 0 saturated carbocycles. The van der Waals surface area contributed by atoms with Crippen molar-refractivity contribution in [2.24, 2.45) is 11.7 Å². The van der Waals surface area contributed by atoms with Crippen LogP contribution in [-0.2, 0) is 9.59 Å². The largest absolute Gasteiger partial charge is 0.355 e. The van der Waals surface area contributed by atoms with Crippen molar-refractivity contribution in [3.63, 3.8) is 0 Å². The van der Waals surface area contributed by atoms with E-state index in [0.717, 1.165) is 43.2 Å². The molecule has 0 aromatic heterocycles. The molecule has 2 atom stereocenters. The van der Waals surface area contributed by atoms with Crippen LogP contribution in [0, 0.1) is 12.8 Å². The molecular formula is C24H39N3O2. The predicted octanol–water partition coefficient (Wildman–Crippen LogP) is 3.95. The van der Waals surface area contributed by atoms with Gasteiger partial charge in [0.25, 0.3) is 0 Å². The molecule has 0 fully saturated rings. The zero-order valence-electron chi connectivity index (χ0n) is 18.6. The molecule has 4 N–H and O–H groups in total. The summed E-state index contributed by atoms with van der Waals surface area (Å²) in [5.41, 5.74) is 8.97. The summed E-state index contributed by atoms with van der Waals surface area (Å²) in [5, 5.41) is 5.87. The first-order valence-electron chi connectivity index (χ1n) is 11.0. The van der Waals surface area contributed by atoms with Crippen LogP contribution in [0.5, 0.6) is 0 Å². The number of hydrogen-bond donors (Lipinski definition) is 3. The van der Waals surface area contributed by atoms with Crippen LogP contribution in [0.25, 0.3) is 5.57 Å². The maximum Gasteiger partial charge on any atom is 0.242 e. The van der Waals surface area contributed by atoms with E-state index in [-0.39, 0.29) is 17.7 Å². The number of unbranched alkanes of at least 4 members (excludes halogenated alkanes) is 2. The van der Waals surface area contributed by atoms with Gasteiger partial charge in [0.15, 0.2) is 0 Å². The second-order valence-corrected chi connectivity index (χ2v) is 7.68. The number of hydrogen-bond acceptors (Lipinski definition) is 3. The third kappa shape index (κ3) is 8.82. The molecule has 0 aliphatic carbocycles. The lowest BCUT2D eigenvalue weighted by Crippen LogP contribution is -2.48. The maximum absolute atomic E-state index is 12.7. The van der Waals surface area contributed by atoms with E-state index in [1.807, 2.05) is 26.0 Å². The van der Waals surface area contributed by atoms with E-state index in [2.05, 4.69) is 42.7 Å². The number of aryl methyl sites for hydroxylation is 1. The summed E-state index contributed by atoms with van der Waals surface area (Å²) in [6.45, 7) is 9.19. The lowest BCUT2D eigenvalue weighted by atomic mass is 9.93. The van der Waals surface area contributed by atoms with Gasteiger partial charge in [0.1, 0.15) is 6.04 Å². The van der Waals surface area contributed by atoms with Crippen molar-refractivity contribution in [1.82, 2.24) is 10.6 Å². The lowest BCUT2D eigenvalue weighted by Gasteiger charge is -2.23. The molecule has 1 unspecified atom stereocenters. The van der Waals surface area contributed by atoms with Gasteiger partial charge in [0, 0.05) is 18.9 Å². The SMILES string of the molecule is CCC/C=C(/CC(NC(=O)[C@@H](C)CCCCN)C(=O)NCC)c1ccccc1C. The van der Waals surface area contributed by atoms with Crippen LogP contribution < -0.4 is 16.4 Å². The van der Waals surface area contributed by atoms with Crippen molar-refractivity contribution in [1.29, 1.82) is 0 Å². The average molecular weight is 402 g/mol. The standard InChI is InChI=1S/C24H39N3O2/c1-5-7-14-20(21-15-9-8-12-18(21)3)17-22(24(29)26-6-2)27-23(28)19(4)13-10-11-16-25/h8-9,12,14-15,19,22H,5-7,10-11,13,16-17,25H2,1-4H3,(H,26,29)(H,27,28)/b20-14-/t19-,22?/m0/s1. The highest BCUT2D eigenvalue weighted by atomic mass is 16.2. The minimum atomic E-state index is -0.581. The van der Waals surface area contributed by atoms with Crippen molar-refractivity contribution in [2.75, 3.05) is 13.1 Å². The number of carbonyl (C=O) groups is 2. The van der Waals surface area contributed by atoms with Gasteiger partial charge in [-0.1, -0.05) is 57.0 Å². The van der Waals surface area contributed by atoms with E-state index in [9.17, 15) is 9.59 Å². The van der Waals surface area contributed by atoms with Gasteiger partial charge >= 0.3 is 0 Å². The van der Waals surface area contributed by atoms with Crippen molar-refractivity contribution < 1.29 is 9.59 Å². The number of rotatable bonds is 13. The molecule has 2 amide bonds. The molecule has 5 heteroatoms. The number of allylic oxidation sites excluding steroid dienone is 1. The Labute approximate surface area is 176 Å². The first-order chi connectivity index (χ1) is 13.9. The van der Waals surface area contributed by atoms with Gasteiger partial charge in [-0.25, -0.2) is 0 Å². The first-order valence-corrected chi connectivity index (χ1v) is 11.0. The number of amides is 2. The summed E-state index contributed by atoms with van der Waals surface area (Å²) in [6.07, 6.45) is 7.27. The zero-order chi connectivity index (χ0) is 21.6. The second-order valence-electron chi connectivity index (χ2n) is 7.68. The minimum Gasteiger partial charge on any atom is -0.355 e. The first kappa shape index (κ1) is 24.9. The molecule has 0 bridgehead atoms. The molecule has 0 aliphatic heterocycles. The van der Waals surface area contributed by atoms with E-state index >= 15 is 0 Å². The van der Waals surface area contributed by atoms with Crippen LogP contribution in [0.15, 0.2) is 30.3 Å². The van der Waals surface area contributed by atoms with Crippen molar-refractivity contribution in [2.45, 2.75) is 72.3 Å². The maximum atomic E-state index is 12.7. The fraction of sp³-hybridized carbons (Fsp3) is 0.583. The smallest absolute Gasteiger partial charge is 0.242 e. The lowest BCUT2D eigenvalue weighted by molar-refractivity contribution is -0.130. The number of benzene rings is 1. The highest BCUT2D eigenvalue weighted by Gasteiger charge is 2.24. The van der Waals surface area contributed by atoms with Gasteiger partial charge in [0.05, 0.1) is 0 Å². The van der Waals surface area contributed by atoms with Gasteiger partial charge in [-0.05, 0) is 56.4 Å². The monoisotopic (exact) mass is 401 g/mol.